The molecule has 0 fully saturated rings. The van der Waals surface area contributed by atoms with E-state index in [0.717, 1.165) is 6.42 Å². The van der Waals surface area contributed by atoms with Gasteiger partial charge in [0, 0.05) is 12.6 Å². The molecule has 0 amide bonds. The molecule has 2 heterocycles. The van der Waals surface area contributed by atoms with Crippen LogP contribution < -0.4 is 17.0 Å². The lowest BCUT2D eigenvalue weighted by molar-refractivity contribution is 0.603. The van der Waals surface area contributed by atoms with Crippen LogP contribution in [0.3, 0.4) is 0 Å². The standard InChI is InChI=1S/C9H13N7OS/c1-2-3-16-8(17)14-15-9(16)18-7-4-6(13-10)11-5-12-7/h4-5H,2-3,10H2,1H3,(H,14,17)(H,11,12,13). The Bertz CT molecular complexity index is 578. The second-order valence-corrected chi connectivity index (χ2v) is 4.44. The summed E-state index contributed by atoms with van der Waals surface area (Å²) in [5.41, 5.74) is 2.22. The number of hydrazine groups is 1. The third-order valence-corrected chi connectivity index (χ3v) is 3.08. The smallest absolute Gasteiger partial charge is 0.308 e. The molecule has 18 heavy (non-hydrogen) atoms. The van der Waals surface area contributed by atoms with Crippen molar-refractivity contribution in [2.75, 3.05) is 5.43 Å². The highest BCUT2D eigenvalue weighted by Crippen LogP contribution is 2.23. The Labute approximate surface area is 107 Å². The zero-order valence-corrected chi connectivity index (χ0v) is 10.6. The van der Waals surface area contributed by atoms with Crippen LogP contribution in [0.1, 0.15) is 13.3 Å². The van der Waals surface area contributed by atoms with Gasteiger partial charge in [-0.2, -0.15) is 0 Å². The van der Waals surface area contributed by atoms with Gasteiger partial charge in [-0.1, -0.05) is 6.92 Å². The van der Waals surface area contributed by atoms with Gasteiger partial charge in [-0.05, 0) is 18.2 Å². The molecule has 2 aromatic rings. The van der Waals surface area contributed by atoms with Crippen LogP contribution in [0.4, 0.5) is 5.82 Å². The van der Waals surface area contributed by atoms with Gasteiger partial charge in [-0.3, -0.25) is 4.57 Å². The van der Waals surface area contributed by atoms with Gasteiger partial charge in [-0.15, -0.1) is 5.10 Å². The SMILES string of the molecule is CCCn1c(Sc2cc(NN)ncn2)n[nH]c1=O. The molecule has 0 bridgehead atoms. The number of nitrogens with zero attached hydrogens (tertiary/aromatic N) is 4. The number of nitrogens with two attached hydrogens (primary N) is 1. The summed E-state index contributed by atoms with van der Waals surface area (Å²) in [4.78, 5) is 19.5. The molecule has 9 heteroatoms. The van der Waals surface area contributed by atoms with Crippen molar-refractivity contribution in [2.45, 2.75) is 30.1 Å². The van der Waals surface area contributed by atoms with Crippen molar-refractivity contribution in [2.24, 2.45) is 5.84 Å². The van der Waals surface area contributed by atoms with Crippen LogP contribution in [-0.2, 0) is 6.54 Å². The van der Waals surface area contributed by atoms with Crippen LogP contribution in [0.15, 0.2) is 27.4 Å². The van der Waals surface area contributed by atoms with E-state index in [2.05, 4.69) is 25.6 Å². The first-order chi connectivity index (χ1) is 8.74. The lowest BCUT2D eigenvalue weighted by Gasteiger charge is -2.03. The van der Waals surface area contributed by atoms with E-state index in [-0.39, 0.29) is 5.69 Å². The molecule has 2 aromatic heterocycles. The quantitative estimate of drug-likeness (QED) is 0.403. The van der Waals surface area contributed by atoms with Gasteiger partial charge in [-0.25, -0.2) is 25.7 Å². The van der Waals surface area contributed by atoms with E-state index in [1.807, 2.05) is 6.92 Å². The van der Waals surface area contributed by atoms with E-state index in [9.17, 15) is 4.79 Å². The van der Waals surface area contributed by atoms with Crippen LogP contribution in [0.5, 0.6) is 0 Å². The lowest BCUT2D eigenvalue weighted by Crippen LogP contribution is -2.17. The highest BCUT2D eigenvalue weighted by Gasteiger charge is 2.10. The summed E-state index contributed by atoms with van der Waals surface area (Å²) in [6.45, 7) is 2.61. The van der Waals surface area contributed by atoms with Gasteiger partial charge in [0.1, 0.15) is 17.2 Å². The first-order valence-corrected chi connectivity index (χ1v) is 6.18. The molecule has 0 aliphatic rings. The fraction of sp³-hybridized carbons (Fsp3) is 0.333. The molecule has 0 aliphatic carbocycles. The maximum Gasteiger partial charge on any atom is 0.343 e. The van der Waals surface area contributed by atoms with Crippen molar-refractivity contribution in [3.63, 3.8) is 0 Å². The number of aromatic nitrogens is 5. The topological polar surface area (TPSA) is 115 Å². The van der Waals surface area contributed by atoms with Crippen LogP contribution >= 0.6 is 11.8 Å². The molecule has 0 spiro atoms. The summed E-state index contributed by atoms with van der Waals surface area (Å²) >= 11 is 1.28. The summed E-state index contributed by atoms with van der Waals surface area (Å²) < 4.78 is 1.57. The second kappa shape index (κ2) is 5.65. The van der Waals surface area contributed by atoms with Gasteiger partial charge in [0.25, 0.3) is 0 Å². The molecule has 4 N–H and O–H groups in total. The lowest BCUT2D eigenvalue weighted by atomic mass is 10.5. The molecule has 2 rings (SSSR count). The van der Waals surface area contributed by atoms with Crippen molar-refractivity contribution in [3.8, 4) is 0 Å². The van der Waals surface area contributed by atoms with Crippen LogP contribution in [0, 0.1) is 0 Å². The summed E-state index contributed by atoms with van der Waals surface area (Å²) in [5, 5.41) is 7.62. The van der Waals surface area contributed by atoms with Crippen molar-refractivity contribution in [1.29, 1.82) is 0 Å². The molecule has 0 aliphatic heterocycles. The van der Waals surface area contributed by atoms with Gasteiger partial charge >= 0.3 is 5.69 Å². The van der Waals surface area contributed by atoms with E-state index >= 15 is 0 Å². The summed E-state index contributed by atoms with van der Waals surface area (Å²) in [5.74, 6) is 5.77. The van der Waals surface area contributed by atoms with Crippen LogP contribution in [0.25, 0.3) is 0 Å². The minimum atomic E-state index is -0.217. The Hall–Kier alpha value is -1.87. The number of anilines is 1. The number of nitrogens with one attached hydrogen (secondary N) is 2. The minimum Gasteiger partial charge on any atom is -0.308 e. The highest BCUT2D eigenvalue weighted by molar-refractivity contribution is 7.99. The average molecular weight is 267 g/mol. The van der Waals surface area contributed by atoms with E-state index in [1.165, 1.54) is 18.1 Å². The Morgan fingerprint density at radius 1 is 1.56 bits per heavy atom. The Morgan fingerprint density at radius 3 is 3.11 bits per heavy atom. The highest BCUT2D eigenvalue weighted by atomic mass is 32.2. The predicted molar refractivity (Wildman–Crippen MR) is 67.1 cm³/mol. The maximum absolute atomic E-state index is 11.5. The molecule has 0 atom stereocenters. The largest absolute Gasteiger partial charge is 0.343 e. The Balaban J connectivity index is 2.25. The number of hydrogen-bond acceptors (Lipinski definition) is 7. The fourth-order valence-electron chi connectivity index (χ4n) is 1.37. The fourth-order valence-corrected chi connectivity index (χ4v) is 2.20. The van der Waals surface area contributed by atoms with Crippen LogP contribution in [0.2, 0.25) is 0 Å². The summed E-state index contributed by atoms with van der Waals surface area (Å²) in [6, 6.07) is 1.68. The summed E-state index contributed by atoms with van der Waals surface area (Å²) in [7, 11) is 0. The molecule has 8 nitrogen and oxygen atoms in total. The van der Waals surface area contributed by atoms with Gasteiger partial charge in [0.2, 0.25) is 0 Å². The Kier molecular flexibility index (Phi) is 3.95. The summed E-state index contributed by atoms with van der Waals surface area (Å²) in [6.07, 6.45) is 2.25. The van der Waals surface area contributed by atoms with Crippen molar-refractivity contribution in [3.05, 3.63) is 22.9 Å². The molecule has 0 saturated heterocycles. The zero-order chi connectivity index (χ0) is 13.0. The molecule has 0 aromatic carbocycles. The normalized spacial score (nSPS) is 10.6. The molecule has 0 radical (unpaired) electrons. The van der Waals surface area contributed by atoms with E-state index in [1.54, 1.807) is 10.6 Å². The monoisotopic (exact) mass is 267 g/mol. The first-order valence-electron chi connectivity index (χ1n) is 5.36. The van der Waals surface area contributed by atoms with Crippen LogP contribution in [-0.4, -0.2) is 24.7 Å². The van der Waals surface area contributed by atoms with E-state index < -0.39 is 0 Å². The number of rotatable bonds is 5. The molecule has 0 unspecified atom stereocenters. The van der Waals surface area contributed by atoms with E-state index in [0.29, 0.717) is 22.5 Å². The molecular weight excluding hydrogens is 254 g/mol. The predicted octanol–water partition coefficient (Wildman–Crippen LogP) is 0.208. The van der Waals surface area contributed by atoms with Gasteiger partial charge in [0.05, 0.1) is 0 Å². The average Bonchev–Trinajstić information content (AvgIpc) is 2.72. The molecule has 96 valence electrons. The number of H-pyrrole nitrogens is 1. The first kappa shape index (κ1) is 12.6. The van der Waals surface area contributed by atoms with Crippen molar-refractivity contribution >= 4 is 17.6 Å². The minimum absolute atomic E-state index is 0.217. The van der Waals surface area contributed by atoms with Gasteiger partial charge < -0.3 is 5.43 Å². The van der Waals surface area contributed by atoms with E-state index in [4.69, 9.17) is 5.84 Å². The van der Waals surface area contributed by atoms with Crippen molar-refractivity contribution < 1.29 is 0 Å². The van der Waals surface area contributed by atoms with Gasteiger partial charge in [0.15, 0.2) is 5.16 Å². The third-order valence-electron chi connectivity index (χ3n) is 2.16. The third kappa shape index (κ3) is 2.68. The molecule has 0 saturated carbocycles. The Morgan fingerprint density at radius 2 is 2.39 bits per heavy atom. The molecular formula is C9H13N7OS. The number of nitrogen functional groups attached to an aromatic ring is 1. The number of hydrogen-bond donors (Lipinski definition) is 3. The maximum atomic E-state index is 11.5. The van der Waals surface area contributed by atoms with Crippen molar-refractivity contribution in [1.82, 2.24) is 24.7 Å². The zero-order valence-electron chi connectivity index (χ0n) is 9.75. The second-order valence-electron chi connectivity index (χ2n) is 3.45. The number of aromatic amines is 1.